The highest BCUT2D eigenvalue weighted by atomic mass is 16.2. The Labute approximate surface area is 127 Å². The zero-order chi connectivity index (χ0) is 15.7. The fourth-order valence-corrected chi connectivity index (χ4v) is 2.49. The zero-order valence-electron chi connectivity index (χ0n) is 13.2. The highest BCUT2D eigenvalue weighted by Crippen LogP contribution is 2.18. The number of ketones is 1. The molecule has 1 fully saturated rings. The maximum atomic E-state index is 11.9. The zero-order valence-corrected chi connectivity index (χ0v) is 13.2. The Morgan fingerprint density at radius 3 is 2.19 bits per heavy atom. The van der Waals surface area contributed by atoms with Gasteiger partial charge in [-0.15, -0.1) is 0 Å². The minimum Gasteiger partial charge on any atom is -0.335 e. The Kier molecular flexibility index (Phi) is 7.51. The molecule has 0 aliphatic heterocycles. The van der Waals surface area contributed by atoms with E-state index in [9.17, 15) is 9.59 Å². The second-order valence-electron chi connectivity index (χ2n) is 5.05. The van der Waals surface area contributed by atoms with Gasteiger partial charge in [0.25, 0.3) is 0 Å². The first kappa shape index (κ1) is 17.2. The molecule has 0 heterocycles. The van der Waals surface area contributed by atoms with Crippen molar-refractivity contribution in [3.8, 4) is 0 Å². The summed E-state index contributed by atoms with van der Waals surface area (Å²) in [5.74, 6) is -0.0622. The van der Waals surface area contributed by atoms with Crippen LogP contribution < -0.4 is 10.6 Å². The number of urea groups is 1. The second kappa shape index (κ2) is 9.16. The molecule has 2 N–H and O–H groups in total. The molecule has 116 valence electrons. The van der Waals surface area contributed by atoms with Crippen LogP contribution in [0.3, 0.4) is 0 Å². The molecule has 1 saturated carbocycles. The molecule has 4 nitrogen and oxygen atoms in total. The number of Topliss-reactive ketones (excluding diaryl/α,β-unsaturated/α-hetero) is 1. The van der Waals surface area contributed by atoms with E-state index in [0.717, 1.165) is 18.4 Å². The lowest BCUT2D eigenvalue weighted by Crippen LogP contribution is -2.44. The van der Waals surface area contributed by atoms with Crippen molar-refractivity contribution in [3.05, 3.63) is 35.9 Å². The first-order valence-corrected chi connectivity index (χ1v) is 7.79. The number of carbonyl (C=O) groups is 2. The number of carbonyl (C=O) groups excluding carboxylic acids is 2. The number of hydrogen-bond acceptors (Lipinski definition) is 2. The van der Waals surface area contributed by atoms with Gasteiger partial charge < -0.3 is 10.6 Å². The van der Waals surface area contributed by atoms with Crippen LogP contribution in [0.15, 0.2) is 30.3 Å². The molecule has 0 saturated heterocycles. The summed E-state index contributed by atoms with van der Waals surface area (Å²) in [4.78, 5) is 23.6. The van der Waals surface area contributed by atoms with Gasteiger partial charge in [0.2, 0.25) is 0 Å². The molecule has 1 atom stereocenters. The molecule has 0 bridgehead atoms. The van der Waals surface area contributed by atoms with Gasteiger partial charge in [-0.05, 0) is 25.3 Å². The van der Waals surface area contributed by atoms with Crippen molar-refractivity contribution in [1.29, 1.82) is 0 Å². The van der Waals surface area contributed by atoms with E-state index in [1.54, 1.807) is 0 Å². The normalized spacial score (nSPS) is 15.6. The lowest BCUT2D eigenvalue weighted by atomic mass is 10.0. The lowest BCUT2D eigenvalue weighted by Gasteiger charge is -2.19. The first-order chi connectivity index (χ1) is 10.2. The smallest absolute Gasteiger partial charge is 0.315 e. The second-order valence-corrected chi connectivity index (χ2v) is 5.05. The summed E-state index contributed by atoms with van der Waals surface area (Å²) < 4.78 is 0. The van der Waals surface area contributed by atoms with Crippen LogP contribution in [0.1, 0.15) is 58.1 Å². The summed E-state index contributed by atoms with van der Waals surface area (Å²) >= 11 is 0. The molecule has 1 aromatic rings. The summed E-state index contributed by atoms with van der Waals surface area (Å²) in [6.07, 6.45) is 4.40. The van der Waals surface area contributed by atoms with E-state index in [2.05, 4.69) is 10.6 Å². The molecular formula is C17H26N2O2. The highest BCUT2D eigenvalue weighted by molar-refractivity contribution is 5.88. The predicted molar refractivity (Wildman–Crippen MR) is 85.1 cm³/mol. The van der Waals surface area contributed by atoms with Crippen LogP contribution in [-0.4, -0.2) is 17.9 Å². The third kappa shape index (κ3) is 5.58. The van der Waals surface area contributed by atoms with Crippen molar-refractivity contribution >= 4 is 11.8 Å². The minimum absolute atomic E-state index is 0.0622. The molecule has 1 aliphatic carbocycles. The van der Waals surface area contributed by atoms with E-state index in [1.165, 1.54) is 19.8 Å². The number of amides is 2. The fourth-order valence-electron chi connectivity index (χ4n) is 2.49. The highest BCUT2D eigenvalue weighted by Gasteiger charge is 2.22. The van der Waals surface area contributed by atoms with Crippen LogP contribution in [0.25, 0.3) is 0 Å². The van der Waals surface area contributed by atoms with Crippen LogP contribution >= 0.6 is 0 Å². The Bertz CT molecular complexity index is 439. The topological polar surface area (TPSA) is 58.2 Å². The quantitative estimate of drug-likeness (QED) is 0.890. The largest absolute Gasteiger partial charge is 0.335 e. The van der Waals surface area contributed by atoms with Crippen molar-refractivity contribution in [1.82, 2.24) is 10.6 Å². The molecule has 1 aromatic carbocycles. The average molecular weight is 290 g/mol. The van der Waals surface area contributed by atoms with Gasteiger partial charge >= 0.3 is 6.03 Å². The lowest BCUT2D eigenvalue weighted by molar-refractivity contribution is -0.118. The summed E-state index contributed by atoms with van der Waals surface area (Å²) in [5.41, 5.74) is 0.816. The van der Waals surface area contributed by atoms with Gasteiger partial charge in [0.15, 0.2) is 5.78 Å². The third-order valence-corrected chi connectivity index (χ3v) is 3.51. The summed E-state index contributed by atoms with van der Waals surface area (Å²) in [6.45, 7) is 5.49. The third-order valence-electron chi connectivity index (χ3n) is 3.51. The molecule has 1 unspecified atom stereocenters. The SMILES string of the molecule is CC.CC(=O)C(NC(=O)NC1CCCC1)c1ccccc1. The Morgan fingerprint density at radius 1 is 1.10 bits per heavy atom. The number of rotatable bonds is 4. The van der Waals surface area contributed by atoms with Crippen LogP contribution in [-0.2, 0) is 4.79 Å². The van der Waals surface area contributed by atoms with E-state index >= 15 is 0 Å². The van der Waals surface area contributed by atoms with Crippen molar-refractivity contribution in [2.45, 2.75) is 58.5 Å². The molecule has 4 heteroatoms. The first-order valence-electron chi connectivity index (χ1n) is 7.79. The molecule has 2 rings (SSSR count). The van der Waals surface area contributed by atoms with Crippen LogP contribution in [0, 0.1) is 0 Å². The standard InChI is InChI=1S/C15H20N2O2.C2H6/c1-11(18)14(12-7-3-2-4-8-12)17-15(19)16-13-9-5-6-10-13;1-2/h2-4,7-8,13-14H,5-6,9-10H2,1H3,(H2,16,17,19);1-2H3. The summed E-state index contributed by atoms with van der Waals surface area (Å²) in [7, 11) is 0. The van der Waals surface area contributed by atoms with Crippen molar-refractivity contribution in [3.63, 3.8) is 0 Å². The van der Waals surface area contributed by atoms with Gasteiger partial charge in [0, 0.05) is 6.04 Å². The van der Waals surface area contributed by atoms with E-state index in [4.69, 9.17) is 0 Å². The monoisotopic (exact) mass is 290 g/mol. The van der Waals surface area contributed by atoms with Gasteiger partial charge in [-0.3, -0.25) is 4.79 Å². The van der Waals surface area contributed by atoms with E-state index in [1.807, 2.05) is 44.2 Å². The average Bonchev–Trinajstić information content (AvgIpc) is 3.00. The minimum atomic E-state index is -0.567. The van der Waals surface area contributed by atoms with Crippen LogP contribution in [0.4, 0.5) is 4.79 Å². The van der Waals surface area contributed by atoms with E-state index in [0.29, 0.717) is 0 Å². The van der Waals surface area contributed by atoms with Crippen molar-refractivity contribution < 1.29 is 9.59 Å². The molecule has 0 radical (unpaired) electrons. The predicted octanol–water partition coefficient (Wildman–Crippen LogP) is 3.58. The van der Waals surface area contributed by atoms with Crippen molar-refractivity contribution in [2.24, 2.45) is 0 Å². The van der Waals surface area contributed by atoms with E-state index in [-0.39, 0.29) is 17.9 Å². The Morgan fingerprint density at radius 2 is 1.67 bits per heavy atom. The van der Waals surface area contributed by atoms with Gasteiger partial charge in [-0.25, -0.2) is 4.79 Å². The molecule has 2 amide bonds. The Balaban J connectivity index is 0.00000106. The van der Waals surface area contributed by atoms with Crippen LogP contribution in [0.5, 0.6) is 0 Å². The molecule has 0 spiro atoms. The fraction of sp³-hybridized carbons (Fsp3) is 0.529. The number of hydrogen-bond donors (Lipinski definition) is 2. The summed E-state index contributed by atoms with van der Waals surface area (Å²) in [6, 6.07) is 8.74. The number of benzene rings is 1. The van der Waals surface area contributed by atoms with Gasteiger partial charge in [-0.2, -0.15) is 0 Å². The van der Waals surface area contributed by atoms with Crippen LogP contribution in [0.2, 0.25) is 0 Å². The van der Waals surface area contributed by atoms with Gasteiger partial charge in [0.05, 0.1) is 0 Å². The number of nitrogens with one attached hydrogen (secondary N) is 2. The summed E-state index contributed by atoms with van der Waals surface area (Å²) in [5, 5.41) is 5.69. The molecule has 21 heavy (non-hydrogen) atoms. The van der Waals surface area contributed by atoms with Crippen molar-refractivity contribution in [2.75, 3.05) is 0 Å². The van der Waals surface area contributed by atoms with Gasteiger partial charge in [-0.1, -0.05) is 57.0 Å². The molecular weight excluding hydrogens is 264 g/mol. The molecule has 1 aliphatic rings. The Hall–Kier alpha value is -1.84. The maximum absolute atomic E-state index is 11.9. The maximum Gasteiger partial charge on any atom is 0.315 e. The van der Waals surface area contributed by atoms with Gasteiger partial charge in [0.1, 0.15) is 6.04 Å². The molecule has 0 aromatic heterocycles. The van der Waals surface area contributed by atoms with E-state index < -0.39 is 6.04 Å².